The predicted octanol–water partition coefficient (Wildman–Crippen LogP) is 3.18. The molecule has 1 saturated heterocycles. The maximum Gasteiger partial charge on any atom is 0.240 e. The molecule has 0 spiro atoms. The van der Waals surface area contributed by atoms with Crippen molar-refractivity contribution in [3.63, 3.8) is 0 Å². The fourth-order valence-corrected chi connectivity index (χ4v) is 3.87. The Morgan fingerprint density at radius 1 is 1.13 bits per heavy atom. The second kappa shape index (κ2) is 8.00. The number of para-hydroxylation sites is 1. The lowest BCUT2D eigenvalue weighted by Crippen LogP contribution is -2.46. The summed E-state index contributed by atoms with van der Waals surface area (Å²) < 4.78 is 17.0. The zero-order valence-corrected chi connectivity index (χ0v) is 17.1. The molecule has 1 aliphatic rings. The van der Waals surface area contributed by atoms with E-state index in [4.69, 9.17) is 13.7 Å². The van der Waals surface area contributed by atoms with Gasteiger partial charge in [-0.2, -0.15) is 4.98 Å². The third kappa shape index (κ3) is 3.50. The molecule has 3 aromatic heterocycles. The van der Waals surface area contributed by atoms with E-state index in [1.54, 1.807) is 6.33 Å². The first kappa shape index (κ1) is 19.0. The number of benzene rings is 1. The number of nitrogens with zero attached hydrogens (tertiary/aromatic N) is 6. The van der Waals surface area contributed by atoms with Gasteiger partial charge in [-0.1, -0.05) is 17.3 Å². The lowest BCUT2D eigenvalue weighted by molar-refractivity contribution is 0.0683. The average Bonchev–Trinajstić information content (AvgIpc) is 3.39. The van der Waals surface area contributed by atoms with Gasteiger partial charge in [0.1, 0.15) is 23.5 Å². The van der Waals surface area contributed by atoms with E-state index in [1.165, 1.54) is 0 Å². The van der Waals surface area contributed by atoms with Gasteiger partial charge in [-0.05, 0) is 26.0 Å². The highest BCUT2D eigenvalue weighted by atomic mass is 16.5. The van der Waals surface area contributed by atoms with E-state index in [-0.39, 0.29) is 6.10 Å². The van der Waals surface area contributed by atoms with Crippen molar-refractivity contribution >= 4 is 27.9 Å². The van der Waals surface area contributed by atoms with E-state index >= 15 is 0 Å². The fourth-order valence-electron chi connectivity index (χ4n) is 3.87. The third-order valence-corrected chi connectivity index (χ3v) is 5.43. The number of aromatic nitrogens is 4. The van der Waals surface area contributed by atoms with Gasteiger partial charge in [0.05, 0.1) is 6.54 Å². The molecule has 1 unspecified atom stereocenters. The summed E-state index contributed by atoms with van der Waals surface area (Å²) in [6, 6.07) is 7.95. The Bertz CT molecular complexity index is 1150. The van der Waals surface area contributed by atoms with Crippen LogP contribution in [-0.4, -0.2) is 57.8 Å². The van der Waals surface area contributed by atoms with Crippen LogP contribution in [0.3, 0.4) is 0 Å². The summed E-state index contributed by atoms with van der Waals surface area (Å²) in [5.41, 5.74) is 2.44. The second-order valence-electron chi connectivity index (χ2n) is 7.38. The number of hydrogen-bond acceptors (Lipinski definition) is 9. The molecule has 5 rings (SSSR count). The number of ether oxygens (including phenoxy) is 1. The number of anilines is 1. The average molecular weight is 408 g/mol. The Balaban J connectivity index is 1.27. The van der Waals surface area contributed by atoms with Crippen LogP contribution in [0.2, 0.25) is 0 Å². The Hall–Kier alpha value is -3.04. The predicted molar refractivity (Wildman–Crippen MR) is 111 cm³/mol. The van der Waals surface area contributed by atoms with Gasteiger partial charge in [-0.15, -0.1) is 0 Å². The molecule has 0 bridgehead atoms. The number of piperazine rings is 1. The third-order valence-electron chi connectivity index (χ3n) is 5.43. The summed E-state index contributed by atoms with van der Waals surface area (Å²) in [6.45, 7) is 8.52. The number of hydrogen-bond donors (Lipinski definition) is 0. The first-order chi connectivity index (χ1) is 14.7. The molecule has 0 radical (unpaired) electrons. The highest BCUT2D eigenvalue weighted by molar-refractivity contribution is 6.05. The molecule has 4 heterocycles. The molecule has 0 saturated carbocycles. The molecule has 0 amide bonds. The zero-order valence-electron chi connectivity index (χ0n) is 17.1. The molecule has 1 aromatic carbocycles. The summed E-state index contributed by atoms with van der Waals surface area (Å²) in [5, 5.41) is 5.06. The van der Waals surface area contributed by atoms with Crippen molar-refractivity contribution in [2.75, 3.05) is 37.7 Å². The molecule has 0 aliphatic carbocycles. The van der Waals surface area contributed by atoms with Crippen LogP contribution in [0.4, 0.5) is 5.82 Å². The first-order valence-corrected chi connectivity index (χ1v) is 10.3. The molecule has 0 N–H and O–H groups in total. The lowest BCUT2D eigenvalue weighted by atomic mass is 10.2. The van der Waals surface area contributed by atoms with E-state index in [0.717, 1.165) is 54.1 Å². The van der Waals surface area contributed by atoms with Crippen molar-refractivity contribution in [2.45, 2.75) is 26.5 Å². The van der Waals surface area contributed by atoms with E-state index in [2.05, 4.69) is 29.9 Å². The quantitative estimate of drug-likeness (QED) is 0.477. The van der Waals surface area contributed by atoms with Crippen molar-refractivity contribution in [1.29, 1.82) is 0 Å². The Kier molecular flexibility index (Phi) is 5.06. The molecular weight excluding hydrogens is 384 g/mol. The monoisotopic (exact) mass is 408 g/mol. The van der Waals surface area contributed by atoms with E-state index in [9.17, 15) is 0 Å². The second-order valence-corrected chi connectivity index (χ2v) is 7.38. The van der Waals surface area contributed by atoms with Crippen LogP contribution >= 0.6 is 0 Å². The van der Waals surface area contributed by atoms with Gasteiger partial charge >= 0.3 is 0 Å². The SMILES string of the molecule is CCOC(C)c1noc(CN2CCN(c3ncnc4c3oc3ccccc34)CC2)n1. The van der Waals surface area contributed by atoms with Gasteiger partial charge in [0.25, 0.3) is 0 Å². The van der Waals surface area contributed by atoms with E-state index in [0.29, 0.717) is 24.9 Å². The van der Waals surface area contributed by atoms with Gasteiger partial charge in [-0.25, -0.2) is 9.97 Å². The van der Waals surface area contributed by atoms with Crippen LogP contribution in [-0.2, 0) is 11.3 Å². The van der Waals surface area contributed by atoms with Crippen molar-refractivity contribution in [1.82, 2.24) is 25.0 Å². The van der Waals surface area contributed by atoms with Gasteiger partial charge in [0.15, 0.2) is 17.2 Å². The Morgan fingerprint density at radius 3 is 2.80 bits per heavy atom. The standard InChI is InChI=1S/C21H24N6O3/c1-3-28-14(2)20-24-17(30-25-20)12-26-8-10-27(11-9-26)21-19-18(22-13-23-21)15-6-4-5-7-16(15)29-19/h4-7,13-14H,3,8-12H2,1-2H3. The normalized spacial score (nSPS) is 16.5. The number of furan rings is 1. The van der Waals surface area contributed by atoms with E-state index in [1.807, 2.05) is 38.1 Å². The fraction of sp³-hybridized carbons (Fsp3) is 0.429. The highest BCUT2D eigenvalue weighted by Gasteiger charge is 2.24. The largest absolute Gasteiger partial charge is 0.450 e. The highest BCUT2D eigenvalue weighted by Crippen LogP contribution is 2.32. The maximum absolute atomic E-state index is 6.08. The smallest absolute Gasteiger partial charge is 0.240 e. The molecule has 156 valence electrons. The van der Waals surface area contributed by atoms with Crippen molar-refractivity contribution in [2.24, 2.45) is 0 Å². The van der Waals surface area contributed by atoms with Crippen LogP contribution in [0.5, 0.6) is 0 Å². The summed E-state index contributed by atoms with van der Waals surface area (Å²) in [7, 11) is 0. The van der Waals surface area contributed by atoms with Crippen molar-refractivity contribution in [3.8, 4) is 0 Å². The van der Waals surface area contributed by atoms with Gasteiger partial charge in [-0.3, -0.25) is 4.90 Å². The molecule has 4 aromatic rings. The lowest BCUT2D eigenvalue weighted by Gasteiger charge is -2.34. The minimum Gasteiger partial charge on any atom is -0.450 e. The molecular formula is C21H24N6O3. The van der Waals surface area contributed by atoms with Crippen LogP contribution < -0.4 is 4.90 Å². The summed E-state index contributed by atoms with van der Waals surface area (Å²) in [6.07, 6.45) is 1.46. The molecule has 1 aliphatic heterocycles. The number of fused-ring (bicyclic) bond motifs is 3. The summed E-state index contributed by atoms with van der Waals surface area (Å²) >= 11 is 0. The first-order valence-electron chi connectivity index (χ1n) is 10.3. The summed E-state index contributed by atoms with van der Waals surface area (Å²) in [5.74, 6) is 2.06. The minimum atomic E-state index is -0.159. The Labute approximate surface area is 173 Å². The van der Waals surface area contributed by atoms with Crippen LogP contribution in [0.25, 0.3) is 22.1 Å². The van der Waals surface area contributed by atoms with Gasteiger partial charge < -0.3 is 18.6 Å². The van der Waals surface area contributed by atoms with Gasteiger partial charge in [0, 0.05) is 38.2 Å². The minimum absolute atomic E-state index is 0.159. The topological polar surface area (TPSA) is 93.6 Å². The van der Waals surface area contributed by atoms with E-state index < -0.39 is 0 Å². The number of rotatable bonds is 6. The molecule has 1 fully saturated rings. The van der Waals surface area contributed by atoms with Crippen molar-refractivity contribution < 1.29 is 13.7 Å². The van der Waals surface area contributed by atoms with Crippen LogP contribution in [0.15, 0.2) is 39.5 Å². The van der Waals surface area contributed by atoms with Crippen molar-refractivity contribution in [3.05, 3.63) is 42.3 Å². The zero-order chi connectivity index (χ0) is 20.5. The summed E-state index contributed by atoms with van der Waals surface area (Å²) in [4.78, 5) is 18.0. The molecule has 9 nitrogen and oxygen atoms in total. The molecule has 1 atom stereocenters. The van der Waals surface area contributed by atoms with Crippen LogP contribution in [0.1, 0.15) is 31.7 Å². The maximum atomic E-state index is 6.08. The molecule has 30 heavy (non-hydrogen) atoms. The Morgan fingerprint density at radius 2 is 1.97 bits per heavy atom. The van der Waals surface area contributed by atoms with Gasteiger partial charge in [0.2, 0.25) is 5.89 Å². The van der Waals surface area contributed by atoms with Crippen LogP contribution in [0, 0.1) is 0 Å². The molecule has 9 heteroatoms.